The molecule has 0 bridgehead atoms. The maximum Gasteiger partial charge on any atom is 0.224 e. The zero-order chi connectivity index (χ0) is 20.0. The van der Waals surface area contributed by atoms with Crippen LogP contribution in [-0.4, -0.2) is 49.5 Å². The van der Waals surface area contributed by atoms with Crippen molar-refractivity contribution in [2.75, 3.05) is 32.7 Å². The van der Waals surface area contributed by atoms with Gasteiger partial charge in [0, 0.05) is 38.0 Å². The average Bonchev–Trinajstić information content (AvgIpc) is 3.47. The number of halogens is 1. The van der Waals surface area contributed by atoms with E-state index in [1.165, 1.54) is 12.5 Å². The molecule has 1 unspecified atom stereocenters. The van der Waals surface area contributed by atoms with E-state index in [0.29, 0.717) is 31.4 Å². The van der Waals surface area contributed by atoms with Crippen molar-refractivity contribution in [3.8, 4) is 0 Å². The van der Waals surface area contributed by atoms with Crippen molar-refractivity contribution in [2.45, 2.75) is 51.4 Å². The van der Waals surface area contributed by atoms with Crippen LogP contribution in [0.4, 0.5) is 4.39 Å². The number of nitrogens with one attached hydrogen (secondary N) is 2. The number of piperidine rings is 1. The molecule has 1 atom stereocenters. The van der Waals surface area contributed by atoms with Crippen molar-refractivity contribution < 1.29 is 9.18 Å². The van der Waals surface area contributed by atoms with E-state index >= 15 is 0 Å². The number of likely N-dealkylation sites (tertiary alicyclic amines) is 1. The molecule has 1 aromatic carbocycles. The molecule has 1 saturated carbocycles. The van der Waals surface area contributed by atoms with Crippen LogP contribution in [0.25, 0.3) is 0 Å². The minimum atomic E-state index is -0.173. The highest BCUT2D eigenvalue weighted by molar-refractivity contribution is 5.81. The molecule has 5 nitrogen and oxygen atoms in total. The van der Waals surface area contributed by atoms with E-state index in [-0.39, 0.29) is 17.1 Å². The smallest absolute Gasteiger partial charge is 0.224 e. The first kappa shape index (κ1) is 20.6. The fourth-order valence-corrected chi connectivity index (χ4v) is 3.99. The fourth-order valence-electron chi connectivity index (χ4n) is 3.99. The number of aliphatic imine (C=N–C) groups is 1. The van der Waals surface area contributed by atoms with E-state index in [2.05, 4.69) is 22.5 Å². The van der Waals surface area contributed by atoms with Gasteiger partial charge in [0.15, 0.2) is 5.96 Å². The van der Waals surface area contributed by atoms with Crippen LogP contribution in [0, 0.1) is 11.7 Å². The fraction of sp³-hybridized carbons (Fsp3) is 0.636. The van der Waals surface area contributed by atoms with Crippen molar-refractivity contribution in [3.05, 3.63) is 35.6 Å². The van der Waals surface area contributed by atoms with Crippen LogP contribution in [0.2, 0.25) is 0 Å². The predicted molar refractivity (Wildman–Crippen MR) is 111 cm³/mol. The molecule has 1 aliphatic heterocycles. The molecule has 28 heavy (non-hydrogen) atoms. The van der Waals surface area contributed by atoms with Gasteiger partial charge in [-0.2, -0.15) is 0 Å². The number of benzene rings is 1. The molecule has 2 fully saturated rings. The van der Waals surface area contributed by atoms with Gasteiger partial charge in [-0.1, -0.05) is 25.1 Å². The minimum Gasteiger partial charge on any atom is -0.357 e. The van der Waals surface area contributed by atoms with Crippen LogP contribution in [0.1, 0.15) is 51.5 Å². The number of amides is 1. The van der Waals surface area contributed by atoms with Gasteiger partial charge in [-0.25, -0.2) is 4.39 Å². The van der Waals surface area contributed by atoms with Gasteiger partial charge in [0.2, 0.25) is 5.91 Å². The quantitative estimate of drug-likeness (QED) is 0.558. The van der Waals surface area contributed by atoms with Crippen LogP contribution >= 0.6 is 0 Å². The second-order valence-corrected chi connectivity index (χ2v) is 8.22. The van der Waals surface area contributed by atoms with E-state index < -0.39 is 0 Å². The standard InChI is InChI=1S/C22H33FN4O/c1-3-24-21(25-13-10-20(28)27-14-6-7-17(2)15-27)26-16-22(11-12-22)18-8-4-5-9-19(18)23/h4-5,8-9,17H,3,6-7,10-16H2,1-2H3,(H2,24,25,26). The lowest BCUT2D eigenvalue weighted by atomic mass is 9.95. The third kappa shape index (κ3) is 5.24. The third-order valence-corrected chi connectivity index (χ3v) is 5.82. The zero-order valence-electron chi connectivity index (χ0n) is 17.1. The van der Waals surface area contributed by atoms with E-state index in [9.17, 15) is 9.18 Å². The molecule has 1 amide bonds. The molecule has 3 rings (SSSR count). The van der Waals surface area contributed by atoms with Gasteiger partial charge in [0.05, 0.1) is 6.54 Å². The monoisotopic (exact) mass is 388 g/mol. The predicted octanol–water partition coefficient (Wildman–Crippen LogP) is 3.06. The van der Waals surface area contributed by atoms with Crippen LogP contribution in [0.15, 0.2) is 29.3 Å². The van der Waals surface area contributed by atoms with Gasteiger partial charge >= 0.3 is 0 Å². The Labute approximate surface area is 167 Å². The van der Waals surface area contributed by atoms with Crippen LogP contribution in [0.3, 0.4) is 0 Å². The molecule has 1 aromatic rings. The summed E-state index contributed by atoms with van der Waals surface area (Å²) in [5, 5.41) is 6.50. The van der Waals surface area contributed by atoms with Crippen molar-refractivity contribution >= 4 is 11.9 Å². The summed E-state index contributed by atoms with van der Waals surface area (Å²) in [6.45, 7) is 7.83. The molecule has 154 valence electrons. The van der Waals surface area contributed by atoms with Crippen LogP contribution < -0.4 is 10.6 Å². The summed E-state index contributed by atoms with van der Waals surface area (Å²) < 4.78 is 14.2. The normalized spacial score (nSPS) is 21.3. The average molecular weight is 389 g/mol. The van der Waals surface area contributed by atoms with Gasteiger partial charge < -0.3 is 15.5 Å². The van der Waals surface area contributed by atoms with E-state index in [1.54, 1.807) is 6.07 Å². The van der Waals surface area contributed by atoms with Crippen molar-refractivity contribution in [1.29, 1.82) is 0 Å². The lowest BCUT2D eigenvalue weighted by Gasteiger charge is -2.31. The van der Waals surface area contributed by atoms with Crippen molar-refractivity contribution in [1.82, 2.24) is 15.5 Å². The van der Waals surface area contributed by atoms with Crippen LogP contribution in [-0.2, 0) is 10.2 Å². The summed E-state index contributed by atoms with van der Waals surface area (Å²) >= 11 is 0. The lowest BCUT2D eigenvalue weighted by molar-refractivity contribution is -0.132. The highest BCUT2D eigenvalue weighted by Crippen LogP contribution is 2.49. The molecule has 0 radical (unpaired) electrons. The Kier molecular flexibility index (Phi) is 6.92. The molecule has 1 saturated heterocycles. The van der Waals surface area contributed by atoms with E-state index in [1.807, 2.05) is 24.0 Å². The summed E-state index contributed by atoms with van der Waals surface area (Å²) in [6.07, 6.45) is 4.70. The molecule has 1 heterocycles. The molecule has 2 aliphatic rings. The summed E-state index contributed by atoms with van der Waals surface area (Å²) in [4.78, 5) is 19.1. The number of carbonyl (C=O) groups is 1. The second-order valence-electron chi connectivity index (χ2n) is 8.22. The SMILES string of the molecule is CCNC(=NCC1(c2ccccc2F)CC1)NCCC(=O)N1CCCC(C)C1. The first-order valence-corrected chi connectivity index (χ1v) is 10.6. The topological polar surface area (TPSA) is 56.7 Å². The summed E-state index contributed by atoms with van der Waals surface area (Å²) in [5.41, 5.74) is 0.594. The molecular weight excluding hydrogens is 355 g/mol. The maximum atomic E-state index is 14.2. The first-order chi connectivity index (χ1) is 13.5. The third-order valence-electron chi connectivity index (χ3n) is 5.82. The number of hydrogen-bond acceptors (Lipinski definition) is 2. The summed E-state index contributed by atoms with van der Waals surface area (Å²) in [6, 6.07) is 7.01. The Bertz CT molecular complexity index is 702. The first-order valence-electron chi connectivity index (χ1n) is 10.6. The van der Waals surface area contributed by atoms with Gasteiger partial charge in [0.1, 0.15) is 5.82 Å². The van der Waals surface area contributed by atoms with Crippen molar-refractivity contribution in [2.24, 2.45) is 10.9 Å². The molecule has 1 aliphatic carbocycles. The van der Waals surface area contributed by atoms with Crippen LogP contribution in [0.5, 0.6) is 0 Å². The number of carbonyl (C=O) groups excluding carboxylic acids is 1. The van der Waals surface area contributed by atoms with Gasteiger partial charge in [-0.3, -0.25) is 9.79 Å². The zero-order valence-corrected chi connectivity index (χ0v) is 17.1. The Morgan fingerprint density at radius 2 is 2.11 bits per heavy atom. The summed E-state index contributed by atoms with van der Waals surface area (Å²) in [5.74, 6) is 1.36. The van der Waals surface area contributed by atoms with Gasteiger partial charge in [-0.15, -0.1) is 0 Å². The molecule has 6 heteroatoms. The van der Waals surface area contributed by atoms with Crippen molar-refractivity contribution in [3.63, 3.8) is 0 Å². The Hall–Kier alpha value is -2.11. The summed E-state index contributed by atoms with van der Waals surface area (Å²) in [7, 11) is 0. The number of nitrogens with zero attached hydrogens (tertiary/aromatic N) is 2. The maximum absolute atomic E-state index is 14.2. The molecule has 0 spiro atoms. The highest BCUT2D eigenvalue weighted by Gasteiger charge is 2.45. The molecule has 0 aromatic heterocycles. The molecular formula is C22H33FN4O. The van der Waals surface area contributed by atoms with Gasteiger partial charge in [-0.05, 0) is 50.2 Å². The Morgan fingerprint density at radius 1 is 1.32 bits per heavy atom. The minimum absolute atomic E-state index is 0.144. The number of rotatable bonds is 7. The van der Waals surface area contributed by atoms with E-state index in [4.69, 9.17) is 0 Å². The molecule has 2 N–H and O–H groups in total. The Balaban J connectivity index is 1.52. The number of hydrogen-bond donors (Lipinski definition) is 2. The largest absolute Gasteiger partial charge is 0.357 e. The highest BCUT2D eigenvalue weighted by atomic mass is 19.1. The second kappa shape index (κ2) is 9.39. The van der Waals surface area contributed by atoms with Gasteiger partial charge in [0.25, 0.3) is 0 Å². The lowest BCUT2D eigenvalue weighted by Crippen LogP contribution is -2.42. The Morgan fingerprint density at radius 3 is 2.79 bits per heavy atom. The number of guanidine groups is 1. The van der Waals surface area contributed by atoms with E-state index in [0.717, 1.165) is 44.5 Å².